The van der Waals surface area contributed by atoms with E-state index in [9.17, 15) is 4.79 Å². The van der Waals surface area contributed by atoms with Gasteiger partial charge in [-0.25, -0.2) is 4.98 Å². The second kappa shape index (κ2) is 4.57. The smallest absolute Gasteiger partial charge is 0.257 e. The van der Waals surface area contributed by atoms with E-state index >= 15 is 0 Å². The maximum atomic E-state index is 12.1. The van der Waals surface area contributed by atoms with E-state index in [0.29, 0.717) is 17.5 Å². The van der Waals surface area contributed by atoms with Crippen LogP contribution >= 0.6 is 0 Å². The standard InChI is InChI=1S/C14H17N3O2/c1-10(2)13-15-4-5-17(13)12-7-16(8-12)14(18)11-3-6-19-9-11/h3-6,9-10,12H,7-8H2,1-2H3. The Balaban J connectivity index is 1.67. The van der Waals surface area contributed by atoms with Crippen LogP contribution in [0.5, 0.6) is 0 Å². The maximum absolute atomic E-state index is 12.1. The third-order valence-corrected chi connectivity index (χ3v) is 3.53. The first-order chi connectivity index (χ1) is 9.16. The van der Waals surface area contributed by atoms with Crippen molar-refractivity contribution in [3.8, 4) is 0 Å². The molecule has 0 bridgehead atoms. The van der Waals surface area contributed by atoms with E-state index < -0.39 is 0 Å². The summed E-state index contributed by atoms with van der Waals surface area (Å²) in [5, 5.41) is 0. The first kappa shape index (κ1) is 12.0. The van der Waals surface area contributed by atoms with Gasteiger partial charge in [0.05, 0.1) is 17.9 Å². The van der Waals surface area contributed by atoms with Gasteiger partial charge in [0, 0.05) is 31.4 Å². The van der Waals surface area contributed by atoms with E-state index in [1.807, 2.05) is 17.3 Å². The third-order valence-electron chi connectivity index (χ3n) is 3.53. The number of aromatic nitrogens is 2. The zero-order valence-corrected chi connectivity index (χ0v) is 11.1. The SMILES string of the molecule is CC(C)c1nccn1C1CN(C(=O)c2ccoc2)C1. The van der Waals surface area contributed by atoms with Gasteiger partial charge in [0.25, 0.3) is 5.91 Å². The summed E-state index contributed by atoms with van der Waals surface area (Å²) >= 11 is 0. The number of rotatable bonds is 3. The van der Waals surface area contributed by atoms with Crippen molar-refractivity contribution in [1.82, 2.24) is 14.5 Å². The van der Waals surface area contributed by atoms with E-state index in [1.165, 1.54) is 12.5 Å². The van der Waals surface area contributed by atoms with Crippen molar-refractivity contribution in [2.45, 2.75) is 25.8 Å². The Kier molecular flexibility index (Phi) is 2.89. The third kappa shape index (κ3) is 2.05. The highest BCUT2D eigenvalue weighted by Gasteiger charge is 2.33. The number of furan rings is 1. The predicted octanol–water partition coefficient (Wildman–Crippen LogP) is 2.30. The number of hydrogen-bond acceptors (Lipinski definition) is 3. The van der Waals surface area contributed by atoms with Crippen LogP contribution in [0.4, 0.5) is 0 Å². The summed E-state index contributed by atoms with van der Waals surface area (Å²) in [7, 11) is 0. The van der Waals surface area contributed by atoms with Crippen molar-refractivity contribution in [1.29, 1.82) is 0 Å². The predicted molar refractivity (Wildman–Crippen MR) is 70.0 cm³/mol. The lowest BCUT2D eigenvalue weighted by Crippen LogP contribution is -2.50. The Hall–Kier alpha value is -2.04. The summed E-state index contributed by atoms with van der Waals surface area (Å²) in [4.78, 5) is 18.3. The van der Waals surface area contributed by atoms with Crippen LogP contribution in [-0.4, -0.2) is 33.4 Å². The molecule has 3 heterocycles. The Morgan fingerprint density at radius 1 is 1.47 bits per heavy atom. The van der Waals surface area contributed by atoms with E-state index in [4.69, 9.17) is 4.42 Å². The molecule has 100 valence electrons. The van der Waals surface area contributed by atoms with E-state index in [1.54, 1.807) is 6.07 Å². The molecular formula is C14H17N3O2. The average molecular weight is 259 g/mol. The molecule has 19 heavy (non-hydrogen) atoms. The van der Waals surface area contributed by atoms with Crippen LogP contribution in [0.25, 0.3) is 0 Å². The number of nitrogens with zero attached hydrogens (tertiary/aromatic N) is 3. The van der Waals surface area contributed by atoms with Crippen molar-refractivity contribution in [3.63, 3.8) is 0 Å². The Morgan fingerprint density at radius 2 is 2.26 bits per heavy atom. The number of amides is 1. The molecule has 3 rings (SSSR count). The van der Waals surface area contributed by atoms with Gasteiger partial charge < -0.3 is 13.9 Å². The van der Waals surface area contributed by atoms with Crippen LogP contribution in [-0.2, 0) is 0 Å². The van der Waals surface area contributed by atoms with Crippen molar-refractivity contribution in [2.75, 3.05) is 13.1 Å². The number of imidazole rings is 1. The molecule has 0 atom stereocenters. The minimum absolute atomic E-state index is 0.0382. The van der Waals surface area contributed by atoms with Crippen molar-refractivity contribution in [2.24, 2.45) is 0 Å². The molecule has 0 unspecified atom stereocenters. The molecule has 1 aliphatic rings. The first-order valence-corrected chi connectivity index (χ1v) is 6.51. The Labute approximate surface area is 111 Å². The van der Waals surface area contributed by atoms with Crippen LogP contribution in [0.3, 0.4) is 0 Å². The molecule has 2 aromatic heterocycles. The minimum atomic E-state index is 0.0382. The topological polar surface area (TPSA) is 51.3 Å². The van der Waals surface area contributed by atoms with Crippen molar-refractivity contribution >= 4 is 5.91 Å². The molecule has 1 saturated heterocycles. The Morgan fingerprint density at radius 3 is 2.89 bits per heavy atom. The first-order valence-electron chi connectivity index (χ1n) is 6.51. The summed E-state index contributed by atoms with van der Waals surface area (Å²) in [6.07, 6.45) is 6.85. The fourth-order valence-corrected chi connectivity index (χ4v) is 2.45. The number of carbonyl (C=O) groups is 1. The van der Waals surface area contributed by atoms with Gasteiger partial charge in [-0.1, -0.05) is 13.8 Å². The largest absolute Gasteiger partial charge is 0.472 e. The van der Waals surface area contributed by atoms with E-state index in [-0.39, 0.29) is 5.91 Å². The lowest BCUT2D eigenvalue weighted by molar-refractivity contribution is 0.0514. The molecule has 1 aliphatic heterocycles. The van der Waals surface area contributed by atoms with Gasteiger partial charge in [-0.05, 0) is 6.07 Å². The van der Waals surface area contributed by atoms with Gasteiger partial charge in [-0.15, -0.1) is 0 Å². The van der Waals surface area contributed by atoms with Crippen LogP contribution < -0.4 is 0 Å². The van der Waals surface area contributed by atoms with Gasteiger partial charge in [0.15, 0.2) is 0 Å². The zero-order chi connectivity index (χ0) is 13.4. The summed E-state index contributed by atoms with van der Waals surface area (Å²) in [5.41, 5.74) is 0.619. The molecule has 5 heteroatoms. The monoisotopic (exact) mass is 259 g/mol. The fraction of sp³-hybridized carbons (Fsp3) is 0.429. The molecule has 2 aromatic rings. The molecule has 1 amide bonds. The molecule has 0 spiro atoms. The van der Waals surface area contributed by atoms with E-state index in [2.05, 4.69) is 23.4 Å². The normalized spacial score (nSPS) is 15.8. The summed E-state index contributed by atoms with van der Waals surface area (Å²) < 4.78 is 7.13. The second-order valence-electron chi connectivity index (χ2n) is 5.22. The fourth-order valence-electron chi connectivity index (χ4n) is 2.45. The van der Waals surface area contributed by atoms with Crippen LogP contribution in [0.2, 0.25) is 0 Å². The summed E-state index contributed by atoms with van der Waals surface area (Å²) in [5.74, 6) is 1.52. The van der Waals surface area contributed by atoms with Crippen LogP contribution in [0.1, 0.15) is 42.0 Å². The average Bonchev–Trinajstić information content (AvgIpc) is 2.97. The van der Waals surface area contributed by atoms with Crippen LogP contribution in [0.15, 0.2) is 35.4 Å². The molecular weight excluding hydrogens is 242 g/mol. The quantitative estimate of drug-likeness (QED) is 0.849. The maximum Gasteiger partial charge on any atom is 0.257 e. The van der Waals surface area contributed by atoms with Gasteiger partial charge >= 0.3 is 0 Å². The highest BCUT2D eigenvalue weighted by Crippen LogP contribution is 2.26. The molecule has 5 nitrogen and oxygen atoms in total. The summed E-state index contributed by atoms with van der Waals surface area (Å²) in [6.45, 7) is 5.73. The van der Waals surface area contributed by atoms with Crippen molar-refractivity contribution < 1.29 is 9.21 Å². The molecule has 1 fully saturated rings. The van der Waals surface area contributed by atoms with Crippen molar-refractivity contribution in [3.05, 3.63) is 42.4 Å². The highest BCUT2D eigenvalue weighted by atomic mass is 16.3. The molecule has 0 aliphatic carbocycles. The highest BCUT2D eigenvalue weighted by molar-refractivity contribution is 5.94. The van der Waals surface area contributed by atoms with E-state index in [0.717, 1.165) is 18.9 Å². The summed E-state index contributed by atoms with van der Waals surface area (Å²) in [6, 6.07) is 2.04. The number of likely N-dealkylation sites (tertiary alicyclic amines) is 1. The molecule has 0 radical (unpaired) electrons. The van der Waals surface area contributed by atoms with Gasteiger partial charge in [0.2, 0.25) is 0 Å². The zero-order valence-electron chi connectivity index (χ0n) is 11.1. The second-order valence-corrected chi connectivity index (χ2v) is 5.22. The Bertz CT molecular complexity index is 565. The van der Waals surface area contributed by atoms with Gasteiger partial charge in [-0.3, -0.25) is 4.79 Å². The van der Waals surface area contributed by atoms with Crippen LogP contribution in [0, 0.1) is 0 Å². The molecule has 0 aromatic carbocycles. The van der Waals surface area contributed by atoms with Gasteiger partial charge in [0.1, 0.15) is 12.1 Å². The lowest BCUT2D eigenvalue weighted by Gasteiger charge is -2.40. The number of carbonyl (C=O) groups excluding carboxylic acids is 1. The lowest BCUT2D eigenvalue weighted by atomic mass is 10.1. The minimum Gasteiger partial charge on any atom is -0.472 e. The number of hydrogen-bond donors (Lipinski definition) is 0. The van der Waals surface area contributed by atoms with Gasteiger partial charge in [-0.2, -0.15) is 0 Å². The molecule has 0 N–H and O–H groups in total. The molecule has 0 saturated carbocycles.